The minimum atomic E-state index is -1.14. The summed E-state index contributed by atoms with van der Waals surface area (Å²) in [5.74, 6) is -1.33. The van der Waals surface area contributed by atoms with Gasteiger partial charge in [0.2, 0.25) is 0 Å². The van der Waals surface area contributed by atoms with Gasteiger partial charge in [-0.2, -0.15) is 0 Å². The average molecular weight is 505 g/mol. The Kier molecular flexibility index (Phi) is 7.14. The number of hydrogen-bond acceptors (Lipinski definition) is 3. The summed E-state index contributed by atoms with van der Waals surface area (Å²) < 4.78 is 0. The molecule has 0 saturated heterocycles. The van der Waals surface area contributed by atoms with Crippen molar-refractivity contribution in [2.24, 2.45) is 0 Å². The number of anilines is 1. The largest absolute Gasteiger partial charge is 0.480 e. The molecule has 1 aliphatic carbocycles. The van der Waals surface area contributed by atoms with E-state index in [4.69, 9.17) is 11.6 Å². The summed E-state index contributed by atoms with van der Waals surface area (Å²) in [6.07, 6.45) is 1.80. The van der Waals surface area contributed by atoms with Crippen LogP contribution in [0, 0.1) is 27.7 Å². The standard InChI is InChI=1S/C30H33ClN2O3/c1-6-25(22-14-19(4)27(31)20(5)15-22)32-23-9-7-8-21(16-23)24-13-17(2)12-18(3)26(24)28(34)33-30(10-11-30)29(35)36/h7-9,12-16,25,32H,6,10-11H2,1-5H3,(H,33,34)(H,35,36)/t25-/m1/s1. The molecule has 0 aromatic heterocycles. The van der Waals surface area contributed by atoms with Gasteiger partial charge >= 0.3 is 5.97 Å². The Bertz CT molecular complexity index is 1320. The minimum Gasteiger partial charge on any atom is -0.480 e. The van der Waals surface area contributed by atoms with Gasteiger partial charge in [0.1, 0.15) is 5.54 Å². The van der Waals surface area contributed by atoms with Crippen molar-refractivity contribution >= 4 is 29.2 Å². The fourth-order valence-electron chi connectivity index (χ4n) is 4.87. The first-order valence-corrected chi connectivity index (χ1v) is 12.7. The third-order valence-corrected chi connectivity index (χ3v) is 7.60. The van der Waals surface area contributed by atoms with Gasteiger partial charge in [0, 0.05) is 10.7 Å². The third-order valence-electron chi connectivity index (χ3n) is 7.00. The quantitative estimate of drug-likeness (QED) is 0.304. The highest BCUT2D eigenvalue weighted by molar-refractivity contribution is 6.32. The van der Waals surface area contributed by atoms with E-state index in [1.165, 1.54) is 5.56 Å². The van der Waals surface area contributed by atoms with Crippen molar-refractivity contribution in [3.05, 3.63) is 86.9 Å². The normalized spacial score (nSPS) is 14.7. The number of nitrogens with one attached hydrogen (secondary N) is 2. The lowest BCUT2D eigenvalue weighted by molar-refractivity contribution is -0.140. The monoisotopic (exact) mass is 504 g/mol. The molecule has 0 heterocycles. The third kappa shape index (κ3) is 5.12. The average Bonchev–Trinajstić information content (AvgIpc) is 3.61. The van der Waals surface area contributed by atoms with Gasteiger partial charge in [-0.1, -0.05) is 60.5 Å². The number of carboxylic acid groups (broad SMARTS) is 1. The lowest BCUT2D eigenvalue weighted by Gasteiger charge is -2.22. The Morgan fingerprint density at radius 1 is 1.00 bits per heavy atom. The molecule has 6 heteroatoms. The molecule has 0 aliphatic heterocycles. The Balaban J connectivity index is 1.68. The van der Waals surface area contributed by atoms with Crippen LogP contribution >= 0.6 is 11.6 Å². The number of carbonyl (C=O) groups is 2. The number of carboxylic acids is 1. The summed E-state index contributed by atoms with van der Waals surface area (Å²) in [5, 5.41) is 16.8. The van der Waals surface area contributed by atoms with Crippen molar-refractivity contribution in [3.63, 3.8) is 0 Å². The van der Waals surface area contributed by atoms with E-state index in [-0.39, 0.29) is 11.9 Å². The predicted molar refractivity (Wildman–Crippen MR) is 146 cm³/mol. The fraction of sp³-hybridized carbons (Fsp3) is 0.333. The Hall–Kier alpha value is -3.31. The van der Waals surface area contributed by atoms with Crippen molar-refractivity contribution in [3.8, 4) is 11.1 Å². The molecule has 5 nitrogen and oxygen atoms in total. The molecule has 188 valence electrons. The summed E-state index contributed by atoms with van der Waals surface area (Å²) in [5.41, 5.74) is 7.16. The first-order valence-electron chi connectivity index (χ1n) is 12.4. The van der Waals surface area contributed by atoms with Crippen LogP contribution in [-0.2, 0) is 4.79 Å². The predicted octanol–water partition coefficient (Wildman–Crippen LogP) is 7.15. The van der Waals surface area contributed by atoms with Crippen molar-refractivity contribution in [1.29, 1.82) is 0 Å². The summed E-state index contributed by atoms with van der Waals surface area (Å²) in [4.78, 5) is 25.0. The van der Waals surface area contributed by atoms with Crippen LogP contribution in [0.5, 0.6) is 0 Å². The van der Waals surface area contributed by atoms with Gasteiger partial charge in [-0.3, -0.25) is 4.79 Å². The van der Waals surface area contributed by atoms with Crippen molar-refractivity contribution < 1.29 is 14.7 Å². The molecule has 3 aromatic rings. The van der Waals surface area contributed by atoms with Crippen molar-refractivity contribution in [1.82, 2.24) is 5.32 Å². The van der Waals surface area contributed by atoms with Crippen LogP contribution in [0.2, 0.25) is 5.02 Å². The number of aliphatic carboxylic acids is 1. The maximum absolute atomic E-state index is 13.3. The molecule has 36 heavy (non-hydrogen) atoms. The lowest BCUT2D eigenvalue weighted by Crippen LogP contribution is -2.43. The highest BCUT2D eigenvalue weighted by Gasteiger charge is 2.52. The number of halogens is 1. The van der Waals surface area contributed by atoms with Gasteiger partial charge in [0.15, 0.2) is 0 Å². The number of aryl methyl sites for hydroxylation is 4. The highest BCUT2D eigenvalue weighted by atomic mass is 35.5. The van der Waals surface area contributed by atoms with E-state index in [0.29, 0.717) is 18.4 Å². The Labute approximate surface area is 217 Å². The number of carbonyl (C=O) groups excluding carboxylic acids is 1. The zero-order valence-corrected chi connectivity index (χ0v) is 22.2. The minimum absolute atomic E-state index is 0.0993. The van der Waals surface area contributed by atoms with Crippen molar-refractivity contribution in [2.75, 3.05) is 5.32 Å². The van der Waals surface area contributed by atoms with Crippen LogP contribution in [0.25, 0.3) is 11.1 Å². The molecule has 3 N–H and O–H groups in total. The molecule has 1 fully saturated rings. The number of benzene rings is 3. The number of rotatable bonds is 8. The van der Waals surface area contributed by atoms with Crippen LogP contribution in [0.4, 0.5) is 5.69 Å². The molecule has 0 bridgehead atoms. The van der Waals surface area contributed by atoms with E-state index in [2.05, 4.69) is 29.7 Å². The molecule has 4 rings (SSSR count). The van der Waals surface area contributed by atoms with E-state index in [1.807, 2.05) is 64.1 Å². The van der Waals surface area contributed by atoms with Gasteiger partial charge < -0.3 is 15.7 Å². The molecule has 1 atom stereocenters. The van der Waals surface area contributed by atoms with Crippen LogP contribution in [0.3, 0.4) is 0 Å². The van der Waals surface area contributed by atoms with E-state index in [9.17, 15) is 14.7 Å². The van der Waals surface area contributed by atoms with Crippen molar-refractivity contribution in [2.45, 2.75) is 65.5 Å². The molecular weight excluding hydrogens is 472 g/mol. The van der Waals surface area contributed by atoms with E-state index in [0.717, 1.165) is 50.5 Å². The molecule has 1 aliphatic rings. The van der Waals surface area contributed by atoms with Gasteiger partial charge in [-0.15, -0.1) is 0 Å². The van der Waals surface area contributed by atoms with E-state index in [1.54, 1.807) is 0 Å². The van der Waals surface area contributed by atoms with Gasteiger partial charge in [0.05, 0.1) is 11.6 Å². The number of hydrogen-bond donors (Lipinski definition) is 3. The van der Waals surface area contributed by atoms with Gasteiger partial charge in [0.25, 0.3) is 5.91 Å². The summed E-state index contributed by atoms with van der Waals surface area (Å²) in [6, 6.07) is 16.3. The SMILES string of the molecule is CC[C@@H](Nc1cccc(-c2cc(C)cc(C)c2C(=O)NC2(C(=O)O)CC2)c1)c1cc(C)c(Cl)c(C)c1. The molecule has 3 aromatic carbocycles. The van der Waals surface area contributed by atoms with Crippen LogP contribution in [-0.4, -0.2) is 22.5 Å². The zero-order valence-electron chi connectivity index (χ0n) is 21.5. The maximum atomic E-state index is 13.3. The summed E-state index contributed by atoms with van der Waals surface area (Å²) in [6.45, 7) is 10.1. The van der Waals surface area contributed by atoms with Gasteiger partial charge in [-0.25, -0.2) is 4.79 Å². The van der Waals surface area contributed by atoms with Crippen LogP contribution < -0.4 is 10.6 Å². The molecule has 0 spiro atoms. The van der Waals surface area contributed by atoms with E-state index >= 15 is 0 Å². The molecular formula is C30H33ClN2O3. The first-order chi connectivity index (χ1) is 17.0. The topological polar surface area (TPSA) is 78.4 Å². The van der Waals surface area contributed by atoms with Gasteiger partial charge in [-0.05, 0) is 92.5 Å². The molecule has 0 radical (unpaired) electrons. The Morgan fingerprint density at radius 2 is 1.67 bits per heavy atom. The second-order valence-electron chi connectivity index (χ2n) is 10.0. The van der Waals surface area contributed by atoms with E-state index < -0.39 is 11.5 Å². The second kappa shape index (κ2) is 9.98. The Morgan fingerprint density at radius 3 is 2.25 bits per heavy atom. The molecule has 1 amide bonds. The molecule has 1 saturated carbocycles. The summed E-state index contributed by atoms with van der Waals surface area (Å²) >= 11 is 6.39. The molecule has 0 unspecified atom stereocenters. The summed E-state index contributed by atoms with van der Waals surface area (Å²) in [7, 11) is 0. The second-order valence-corrected chi connectivity index (χ2v) is 10.4. The smallest absolute Gasteiger partial charge is 0.329 e. The number of amides is 1. The highest BCUT2D eigenvalue weighted by Crippen LogP contribution is 2.37. The lowest BCUT2D eigenvalue weighted by atomic mass is 9.92. The maximum Gasteiger partial charge on any atom is 0.329 e. The zero-order chi connectivity index (χ0) is 26.2. The van der Waals surface area contributed by atoms with Crippen LogP contribution in [0.1, 0.15) is 70.4 Å². The first kappa shape index (κ1) is 25.8. The fourth-order valence-corrected chi connectivity index (χ4v) is 4.98. The van der Waals surface area contributed by atoms with Crippen LogP contribution in [0.15, 0.2) is 48.5 Å².